The largest absolute Gasteiger partial charge is 0.299 e. The first kappa shape index (κ1) is 12.9. The van der Waals surface area contributed by atoms with Crippen LogP contribution in [0.2, 0.25) is 0 Å². The van der Waals surface area contributed by atoms with E-state index in [2.05, 4.69) is 14.5 Å². The summed E-state index contributed by atoms with van der Waals surface area (Å²) in [7, 11) is 0. The standard InChI is InChI=1S/C6H3N3O9/c10-7(11)16-4-2-1-3-5(17-8(12)13)6(4)18-9(14)15/h1-3H. The van der Waals surface area contributed by atoms with Gasteiger partial charge in [0.2, 0.25) is 0 Å². The predicted molar refractivity (Wildman–Crippen MR) is 49.3 cm³/mol. The van der Waals surface area contributed by atoms with Crippen LogP contribution in [-0.4, -0.2) is 15.3 Å². The maximum absolute atomic E-state index is 10.2. The summed E-state index contributed by atoms with van der Waals surface area (Å²) in [5, 5.41) is 26.6. The Labute approximate surface area is 96.6 Å². The van der Waals surface area contributed by atoms with Crippen LogP contribution in [0.25, 0.3) is 0 Å². The molecule has 18 heavy (non-hydrogen) atoms. The van der Waals surface area contributed by atoms with E-state index in [4.69, 9.17) is 0 Å². The molecule has 0 aliphatic carbocycles. The van der Waals surface area contributed by atoms with Crippen LogP contribution in [0.3, 0.4) is 0 Å². The maximum Gasteiger partial charge on any atom is 0.299 e. The SMILES string of the molecule is O=[N+]([O-])Oc1cccc(O[N+](=O)[O-])c1O[N+](=O)[O-]. The third kappa shape index (κ3) is 3.44. The summed E-state index contributed by atoms with van der Waals surface area (Å²) in [5.74, 6) is -2.32. The summed E-state index contributed by atoms with van der Waals surface area (Å²) in [6, 6.07) is 2.97. The van der Waals surface area contributed by atoms with Crippen LogP contribution in [-0.2, 0) is 0 Å². The Morgan fingerprint density at radius 3 is 1.50 bits per heavy atom. The molecule has 96 valence electrons. The van der Waals surface area contributed by atoms with Crippen molar-refractivity contribution in [3.05, 3.63) is 48.5 Å². The molecule has 0 spiro atoms. The van der Waals surface area contributed by atoms with Crippen LogP contribution < -0.4 is 14.5 Å². The fraction of sp³-hybridized carbons (Fsp3) is 0. The zero-order chi connectivity index (χ0) is 13.7. The van der Waals surface area contributed by atoms with Gasteiger partial charge in [-0.1, -0.05) is 6.07 Å². The highest BCUT2D eigenvalue weighted by Gasteiger charge is 2.18. The predicted octanol–water partition coefficient (Wildman–Crippen LogP) is 0.398. The fourth-order valence-electron chi connectivity index (χ4n) is 0.965. The monoisotopic (exact) mass is 261 g/mol. The van der Waals surface area contributed by atoms with E-state index in [1.54, 1.807) is 0 Å². The molecule has 12 nitrogen and oxygen atoms in total. The number of nitrogens with zero attached hydrogens (tertiary/aromatic N) is 3. The van der Waals surface area contributed by atoms with Gasteiger partial charge in [0, 0.05) is 0 Å². The van der Waals surface area contributed by atoms with Gasteiger partial charge in [-0.25, -0.2) is 0 Å². The van der Waals surface area contributed by atoms with Gasteiger partial charge in [0.25, 0.3) is 15.3 Å². The minimum atomic E-state index is -1.32. The van der Waals surface area contributed by atoms with Crippen molar-refractivity contribution in [3.63, 3.8) is 0 Å². The Hall–Kier alpha value is -3.18. The Morgan fingerprint density at radius 1 is 0.778 bits per heavy atom. The number of hydrogen-bond donors (Lipinski definition) is 0. The highest BCUT2D eigenvalue weighted by molar-refractivity contribution is 5.50. The first-order valence-electron chi connectivity index (χ1n) is 4.00. The zero-order valence-electron chi connectivity index (χ0n) is 8.25. The first-order valence-corrected chi connectivity index (χ1v) is 4.00. The molecule has 12 heteroatoms. The highest BCUT2D eigenvalue weighted by atomic mass is 17.0. The number of rotatable bonds is 6. The van der Waals surface area contributed by atoms with Crippen molar-refractivity contribution in [1.82, 2.24) is 0 Å². The van der Waals surface area contributed by atoms with E-state index >= 15 is 0 Å². The molecule has 0 saturated heterocycles. The second-order valence-electron chi connectivity index (χ2n) is 2.53. The van der Waals surface area contributed by atoms with Crippen LogP contribution in [0.15, 0.2) is 18.2 Å². The molecule has 0 unspecified atom stereocenters. The van der Waals surface area contributed by atoms with Gasteiger partial charge < -0.3 is 0 Å². The van der Waals surface area contributed by atoms with Crippen LogP contribution in [0, 0.1) is 30.3 Å². The summed E-state index contributed by atoms with van der Waals surface area (Å²) in [5.41, 5.74) is 0. The summed E-state index contributed by atoms with van der Waals surface area (Å²) in [4.78, 5) is 42.3. The van der Waals surface area contributed by atoms with Crippen LogP contribution in [0.5, 0.6) is 17.2 Å². The molecule has 0 aliphatic heterocycles. The van der Waals surface area contributed by atoms with E-state index in [-0.39, 0.29) is 0 Å². The molecule has 1 rings (SSSR count). The second-order valence-corrected chi connectivity index (χ2v) is 2.53. The first-order chi connectivity index (χ1) is 8.40. The van der Waals surface area contributed by atoms with E-state index in [1.165, 1.54) is 0 Å². The molecule has 0 bridgehead atoms. The third-order valence-electron chi connectivity index (χ3n) is 1.45. The maximum atomic E-state index is 10.2. The van der Waals surface area contributed by atoms with Crippen LogP contribution in [0.4, 0.5) is 0 Å². The van der Waals surface area contributed by atoms with E-state index in [1.807, 2.05) is 0 Å². The fourth-order valence-corrected chi connectivity index (χ4v) is 0.965. The van der Waals surface area contributed by atoms with Gasteiger partial charge in [-0.2, -0.15) is 0 Å². The topological polar surface area (TPSA) is 157 Å². The Bertz CT molecular complexity index is 467. The van der Waals surface area contributed by atoms with E-state index < -0.39 is 32.5 Å². The Balaban J connectivity index is 3.19. The van der Waals surface area contributed by atoms with Crippen molar-refractivity contribution >= 4 is 0 Å². The minimum Gasteiger partial charge on any atom is -0.274 e. The molecule has 0 fully saturated rings. The van der Waals surface area contributed by atoms with Crippen molar-refractivity contribution in [2.45, 2.75) is 0 Å². The van der Waals surface area contributed by atoms with Gasteiger partial charge in [0.15, 0.2) is 17.2 Å². The molecule has 1 aromatic carbocycles. The summed E-state index contributed by atoms with van der Waals surface area (Å²) >= 11 is 0. The zero-order valence-corrected chi connectivity index (χ0v) is 8.25. The van der Waals surface area contributed by atoms with E-state index in [0.717, 1.165) is 18.2 Å². The summed E-state index contributed by atoms with van der Waals surface area (Å²) < 4.78 is 0. The van der Waals surface area contributed by atoms with Gasteiger partial charge >= 0.3 is 0 Å². The molecule has 0 aromatic heterocycles. The molecular formula is C6H3N3O9. The Kier molecular flexibility index (Phi) is 3.75. The second kappa shape index (κ2) is 5.24. The van der Waals surface area contributed by atoms with Gasteiger partial charge in [0.1, 0.15) is 0 Å². The number of hydrogen-bond acceptors (Lipinski definition) is 9. The number of para-hydroxylation sites is 1. The molecule has 0 radical (unpaired) electrons. The van der Waals surface area contributed by atoms with E-state index in [0.29, 0.717) is 0 Å². The molecule has 0 atom stereocenters. The summed E-state index contributed by atoms with van der Waals surface area (Å²) in [6.07, 6.45) is 0. The lowest BCUT2D eigenvalue weighted by molar-refractivity contribution is -0.727. The van der Waals surface area contributed by atoms with Crippen LogP contribution in [0.1, 0.15) is 0 Å². The summed E-state index contributed by atoms with van der Waals surface area (Å²) in [6.45, 7) is 0. The van der Waals surface area contributed by atoms with Crippen LogP contribution >= 0.6 is 0 Å². The molecular weight excluding hydrogens is 258 g/mol. The van der Waals surface area contributed by atoms with Gasteiger partial charge in [-0.3, -0.25) is 14.5 Å². The minimum absolute atomic E-state index is 0.712. The van der Waals surface area contributed by atoms with Crippen molar-refractivity contribution in [2.24, 2.45) is 0 Å². The van der Waals surface area contributed by atoms with Crippen molar-refractivity contribution in [2.75, 3.05) is 0 Å². The quantitative estimate of drug-likeness (QED) is 0.521. The molecule has 0 N–H and O–H groups in total. The highest BCUT2D eigenvalue weighted by Crippen LogP contribution is 2.37. The average Bonchev–Trinajstić information content (AvgIpc) is 2.20. The van der Waals surface area contributed by atoms with Crippen molar-refractivity contribution in [3.8, 4) is 17.2 Å². The normalized spacial score (nSPS) is 9.33. The molecule has 1 aromatic rings. The average molecular weight is 261 g/mol. The lowest BCUT2D eigenvalue weighted by Crippen LogP contribution is -2.12. The van der Waals surface area contributed by atoms with Crippen molar-refractivity contribution < 1.29 is 29.8 Å². The molecule has 0 heterocycles. The van der Waals surface area contributed by atoms with Crippen molar-refractivity contribution in [1.29, 1.82) is 0 Å². The van der Waals surface area contributed by atoms with Gasteiger partial charge in [-0.05, 0) is 12.1 Å². The third-order valence-corrected chi connectivity index (χ3v) is 1.45. The lowest BCUT2D eigenvalue weighted by atomic mass is 10.3. The molecule has 0 saturated carbocycles. The van der Waals surface area contributed by atoms with Gasteiger partial charge in [-0.15, -0.1) is 30.3 Å². The smallest absolute Gasteiger partial charge is 0.274 e. The van der Waals surface area contributed by atoms with Gasteiger partial charge in [0.05, 0.1) is 0 Å². The number of benzene rings is 1. The lowest BCUT2D eigenvalue weighted by Gasteiger charge is -2.08. The molecule has 0 aliphatic rings. The van der Waals surface area contributed by atoms with E-state index in [9.17, 15) is 30.3 Å². The molecule has 0 amide bonds. The Morgan fingerprint density at radius 2 is 1.17 bits per heavy atom.